The van der Waals surface area contributed by atoms with E-state index >= 15 is 0 Å². The van der Waals surface area contributed by atoms with Crippen LogP contribution in [0, 0.1) is 5.82 Å². The molecule has 0 amide bonds. The molecule has 0 aliphatic rings. The van der Waals surface area contributed by atoms with Crippen LogP contribution in [-0.4, -0.2) is 4.21 Å². The second kappa shape index (κ2) is 5.50. The summed E-state index contributed by atoms with van der Waals surface area (Å²) in [6.45, 7) is 0. The van der Waals surface area contributed by atoms with E-state index in [2.05, 4.69) is 0 Å². The molecular weight excluding hydrogens is 273 g/mol. The summed E-state index contributed by atoms with van der Waals surface area (Å²) in [6.07, 6.45) is 0. The molecule has 5 heteroatoms. The fourth-order valence-corrected chi connectivity index (χ4v) is 3.11. The van der Waals surface area contributed by atoms with Crippen LogP contribution >= 0.6 is 11.6 Å². The average Bonchev–Trinajstić information content (AvgIpc) is 2.32. The summed E-state index contributed by atoms with van der Waals surface area (Å²) >= 11 is 5.98. The molecule has 2 rings (SSSR count). The number of benzene rings is 2. The number of hydrogen-bond acceptors (Lipinski definition) is 2. The van der Waals surface area contributed by atoms with Gasteiger partial charge in [0.1, 0.15) is 5.82 Å². The van der Waals surface area contributed by atoms with Gasteiger partial charge in [-0.3, -0.25) is 4.21 Å². The van der Waals surface area contributed by atoms with Gasteiger partial charge in [-0.15, -0.1) is 0 Å². The van der Waals surface area contributed by atoms with Crippen LogP contribution in [0.4, 0.5) is 10.1 Å². The van der Waals surface area contributed by atoms with Crippen LogP contribution in [0.3, 0.4) is 0 Å². The van der Waals surface area contributed by atoms with Gasteiger partial charge in [-0.25, -0.2) is 4.39 Å². The summed E-state index contributed by atoms with van der Waals surface area (Å²) in [5.74, 6) is -0.0146. The third-order valence-electron chi connectivity index (χ3n) is 2.41. The SMILES string of the molecule is Nc1ccc(S(=O)Cc2ccc(F)cc2)c(Cl)c1. The van der Waals surface area contributed by atoms with Crippen molar-refractivity contribution in [3.63, 3.8) is 0 Å². The van der Waals surface area contributed by atoms with E-state index in [4.69, 9.17) is 17.3 Å². The Morgan fingerprint density at radius 3 is 2.44 bits per heavy atom. The first-order valence-corrected chi connectivity index (χ1v) is 6.94. The first kappa shape index (κ1) is 13.1. The summed E-state index contributed by atoms with van der Waals surface area (Å²) < 4.78 is 24.9. The van der Waals surface area contributed by atoms with Gasteiger partial charge in [-0.2, -0.15) is 0 Å². The van der Waals surface area contributed by atoms with Crippen molar-refractivity contribution in [1.29, 1.82) is 0 Å². The lowest BCUT2D eigenvalue weighted by molar-refractivity contribution is 0.627. The van der Waals surface area contributed by atoms with Crippen LogP contribution in [0.1, 0.15) is 5.56 Å². The van der Waals surface area contributed by atoms with Crippen LogP contribution in [0.2, 0.25) is 5.02 Å². The first-order valence-electron chi connectivity index (χ1n) is 5.24. The lowest BCUT2D eigenvalue weighted by Crippen LogP contribution is -1.98. The zero-order valence-corrected chi connectivity index (χ0v) is 11.0. The van der Waals surface area contributed by atoms with E-state index in [-0.39, 0.29) is 5.82 Å². The lowest BCUT2D eigenvalue weighted by atomic mass is 10.2. The van der Waals surface area contributed by atoms with Gasteiger partial charge in [0.15, 0.2) is 0 Å². The Morgan fingerprint density at radius 2 is 1.83 bits per heavy atom. The highest BCUT2D eigenvalue weighted by atomic mass is 35.5. The Bertz CT molecular complexity index is 586. The lowest BCUT2D eigenvalue weighted by Gasteiger charge is -2.05. The smallest absolute Gasteiger partial charge is 0.123 e. The number of rotatable bonds is 3. The molecule has 0 saturated heterocycles. The molecule has 2 aromatic rings. The predicted molar refractivity (Wildman–Crippen MR) is 72.4 cm³/mol. The zero-order valence-electron chi connectivity index (χ0n) is 9.40. The predicted octanol–water partition coefficient (Wildman–Crippen LogP) is 3.37. The molecule has 0 aliphatic carbocycles. The summed E-state index contributed by atoms with van der Waals surface area (Å²) in [7, 11) is -1.27. The molecule has 2 nitrogen and oxygen atoms in total. The number of halogens is 2. The number of hydrogen-bond donors (Lipinski definition) is 1. The van der Waals surface area contributed by atoms with Gasteiger partial charge in [0.05, 0.1) is 26.5 Å². The van der Waals surface area contributed by atoms with Gasteiger partial charge in [0, 0.05) is 5.69 Å². The Morgan fingerprint density at radius 1 is 1.17 bits per heavy atom. The van der Waals surface area contributed by atoms with E-state index < -0.39 is 10.8 Å². The number of nitrogens with two attached hydrogens (primary N) is 1. The maximum Gasteiger partial charge on any atom is 0.123 e. The number of nitrogen functional groups attached to an aromatic ring is 1. The third kappa shape index (κ3) is 3.09. The molecule has 0 heterocycles. The molecule has 1 atom stereocenters. The first-order chi connectivity index (χ1) is 8.56. The Labute approximate surface area is 112 Å². The van der Waals surface area contributed by atoms with Crippen molar-refractivity contribution in [2.45, 2.75) is 10.6 Å². The molecule has 0 radical (unpaired) electrons. The minimum atomic E-state index is -1.27. The topological polar surface area (TPSA) is 43.1 Å². The van der Waals surface area contributed by atoms with E-state index in [1.165, 1.54) is 12.1 Å². The molecule has 1 unspecified atom stereocenters. The molecule has 0 bridgehead atoms. The molecule has 18 heavy (non-hydrogen) atoms. The second-order valence-corrected chi connectivity index (χ2v) is 5.63. The quantitative estimate of drug-likeness (QED) is 0.878. The van der Waals surface area contributed by atoms with Crippen molar-refractivity contribution in [2.24, 2.45) is 0 Å². The van der Waals surface area contributed by atoms with E-state index in [9.17, 15) is 8.60 Å². The summed E-state index contributed by atoms with van der Waals surface area (Å²) in [5.41, 5.74) is 6.90. The van der Waals surface area contributed by atoms with Crippen LogP contribution in [0.15, 0.2) is 47.4 Å². The molecular formula is C13H11ClFNOS. The monoisotopic (exact) mass is 283 g/mol. The van der Waals surface area contributed by atoms with Crippen molar-refractivity contribution in [1.82, 2.24) is 0 Å². The largest absolute Gasteiger partial charge is 0.399 e. The van der Waals surface area contributed by atoms with Gasteiger partial charge in [-0.05, 0) is 35.9 Å². The highest BCUT2D eigenvalue weighted by molar-refractivity contribution is 7.84. The van der Waals surface area contributed by atoms with Gasteiger partial charge < -0.3 is 5.73 Å². The van der Waals surface area contributed by atoms with Gasteiger partial charge in [0.2, 0.25) is 0 Å². The number of anilines is 1. The van der Waals surface area contributed by atoms with Gasteiger partial charge >= 0.3 is 0 Å². The van der Waals surface area contributed by atoms with Crippen molar-refractivity contribution in [3.05, 3.63) is 58.9 Å². The normalized spacial score (nSPS) is 12.3. The molecule has 94 valence electrons. The zero-order chi connectivity index (χ0) is 13.1. The fourth-order valence-electron chi connectivity index (χ4n) is 1.51. The van der Waals surface area contributed by atoms with E-state index in [1.54, 1.807) is 30.3 Å². The minimum absolute atomic E-state index is 0.296. The molecule has 0 spiro atoms. The molecule has 0 aliphatic heterocycles. The average molecular weight is 284 g/mol. The van der Waals surface area contributed by atoms with Crippen molar-refractivity contribution in [2.75, 3.05) is 5.73 Å². The Hall–Kier alpha value is -1.39. The highest BCUT2D eigenvalue weighted by Gasteiger charge is 2.09. The Kier molecular flexibility index (Phi) is 3.99. The fraction of sp³-hybridized carbons (Fsp3) is 0.0769. The van der Waals surface area contributed by atoms with Gasteiger partial charge in [-0.1, -0.05) is 23.7 Å². The summed E-state index contributed by atoms with van der Waals surface area (Å²) in [5, 5.41) is 0.385. The molecule has 2 N–H and O–H groups in total. The van der Waals surface area contributed by atoms with Crippen molar-refractivity contribution < 1.29 is 8.60 Å². The van der Waals surface area contributed by atoms with E-state index in [0.717, 1.165) is 5.56 Å². The maximum atomic E-state index is 12.7. The van der Waals surface area contributed by atoms with Crippen LogP contribution in [0.5, 0.6) is 0 Å². The van der Waals surface area contributed by atoms with Crippen molar-refractivity contribution >= 4 is 28.1 Å². The van der Waals surface area contributed by atoms with E-state index in [1.807, 2.05) is 0 Å². The third-order valence-corrected chi connectivity index (χ3v) is 4.28. The minimum Gasteiger partial charge on any atom is -0.399 e. The summed E-state index contributed by atoms with van der Waals surface area (Å²) in [6, 6.07) is 10.8. The van der Waals surface area contributed by atoms with Crippen LogP contribution < -0.4 is 5.73 Å². The van der Waals surface area contributed by atoms with Crippen molar-refractivity contribution in [3.8, 4) is 0 Å². The van der Waals surface area contributed by atoms with Crippen LogP contribution in [-0.2, 0) is 16.6 Å². The Balaban J connectivity index is 2.19. The van der Waals surface area contributed by atoms with E-state index in [0.29, 0.717) is 21.4 Å². The molecule has 0 fully saturated rings. The molecule has 0 aromatic heterocycles. The maximum absolute atomic E-state index is 12.7. The molecule has 2 aromatic carbocycles. The summed E-state index contributed by atoms with van der Waals surface area (Å²) in [4.78, 5) is 0.537. The second-order valence-electron chi connectivity index (χ2n) is 3.81. The van der Waals surface area contributed by atoms with Crippen LogP contribution in [0.25, 0.3) is 0 Å². The molecule has 0 saturated carbocycles. The standard InChI is InChI=1S/C13H11ClFNOS/c14-12-7-11(16)5-6-13(12)18(17)8-9-1-3-10(15)4-2-9/h1-7H,8,16H2. The van der Waals surface area contributed by atoms with Gasteiger partial charge in [0.25, 0.3) is 0 Å². The highest BCUT2D eigenvalue weighted by Crippen LogP contribution is 2.24.